The van der Waals surface area contributed by atoms with E-state index in [1.54, 1.807) is 24.3 Å². The van der Waals surface area contributed by atoms with E-state index < -0.39 is 9.84 Å². The van der Waals surface area contributed by atoms with Crippen LogP contribution in [0.15, 0.2) is 36.5 Å². The number of hydrogen-bond donors (Lipinski definition) is 0. The summed E-state index contributed by atoms with van der Waals surface area (Å²) in [5.74, 6) is 0.0219. The molecular formula is C19H23N3O4S. The van der Waals surface area contributed by atoms with Crippen molar-refractivity contribution in [1.82, 2.24) is 14.8 Å². The summed E-state index contributed by atoms with van der Waals surface area (Å²) in [6, 6.07) is 8.73. The second-order valence-electron chi connectivity index (χ2n) is 7.15. The van der Waals surface area contributed by atoms with Gasteiger partial charge in [-0.05, 0) is 24.3 Å². The van der Waals surface area contributed by atoms with Crippen molar-refractivity contribution in [2.45, 2.75) is 12.1 Å². The second-order valence-corrected chi connectivity index (χ2v) is 9.30. The molecule has 2 atom stereocenters. The van der Waals surface area contributed by atoms with Gasteiger partial charge in [-0.25, -0.2) is 8.42 Å². The van der Waals surface area contributed by atoms with E-state index in [2.05, 4.69) is 9.88 Å². The molecule has 3 heterocycles. The Labute approximate surface area is 158 Å². The molecule has 2 saturated heterocycles. The van der Waals surface area contributed by atoms with Crippen LogP contribution in [0.25, 0.3) is 10.9 Å². The molecular weight excluding hydrogens is 366 g/mol. The molecule has 0 bridgehead atoms. The highest BCUT2D eigenvalue weighted by atomic mass is 32.2. The van der Waals surface area contributed by atoms with Crippen molar-refractivity contribution in [3.63, 3.8) is 0 Å². The van der Waals surface area contributed by atoms with E-state index in [0.717, 1.165) is 10.9 Å². The van der Waals surface area contributed by atoms with Gasteiger partial charge in [0.1, 0.15) is 0 Å². The number of rotatable bonds is 4. The van der Waals surface area contributed by atoms with Gasteiger partial charge in [0.05, 0.1) is 29.7 Å². The maximum atomic E-state index is 13.2. The van der Waals surface area contributed by atoms with Gasteiger partial charge >= 0.3 is 0 Å². The number of benzene rings is 1. The molecule has 2 fully saturated rings. The highest BCUT2D eigenvalue weighted by molar-refractivity contribution is 7.91. The number of fused-ring (bicyclic) bond motifs is 2. The standard InChI is InChI=1S/C19H23N3O4S/c1-26-10-9-21-7-8-22(18-13-27(24,25)12-17(18)21)19(23)15-4-5-16-14(11-15)3-2-6-20-16/h2-6,11,17-18H,7-10,12-13H2,1H3/t17-,18+/m0/s1. The monoisotopic (exact) mass is 389 g/mol. The van der Waals surface area contributed by atoms with Crippen molar-refractivity contribution in [1.29, 1.82) is 0 Å². The van der Waals surface area contributed by atoms with Crippen molar-refractivity contribution < 1.29 is 17.9 Å². The molecule has 1 amide bonds. The second kappa shape index (κ2) is 7.18. The number of nitrogens with zero attached hydrogens (tertiary/aromatic N) is 3. The summed E-state index contributed by atoms with van der Waals surface area (Å²) in [6.07, 6.45) is 1.72. The summed E-state index contributed by atoms with van der Waals surface area (Å²) in [7, 11) is -1.52. The molecule has 2 aromatic rings. The largest absolute Gasteiger partial charge is 0.383 e. The molecule has 0 spiro atoms. The summed E-state index contributed by atoms with van der Waals surface area (Å²) in [5.41, 5.74) is 1.41. The van der Waals surface area contributed by atoms with Gasteiger partial charge in [-0.3, -0.25) is 14.7 Å². The van der Waals surface area contributed by atoms with Gasteiger partial charge in [0.2, 0.25) is 0 Å². The zero-order valence-electron chi connectivity index (χ0n) is 15.2. The van der Waals surface area contributed by atoms with E-state index in [4.69, 9.17) is 4.74 Å². The Balaban J connectivity index is 1.61. The molecule has 0 N–H and O–H groups in total. The highest BCUT2D eigenvalue weighted by Gasteiger charge is 2.47. The van der Waals surface area contributed by atoms with E-state index in [-0.39, 0.29) is 29.5 Å². The molecule has 27 heavy (non-hydrogen) atoms. The molecule has 144 valence electrons. The van der Waals surface area contributed by atoms with Crippen LogP contribution in [0.2, 0.25) is 0 Å². The summed E-state index contributed by atoms with van der Waals surface area (Å²) in [5, 5.41) is 0.901. The minimum absolute atomic E-state index is 0.0298. The van der Waals surface area contributed by atoms with E-state index in [0.29, 0.717) is 31.8 Å². The number of amides is 1. The fourth-order valence-electron chi connectivity index (χ4n) is 4.14. The first kappa shape index (κ1) is 18.3. The summed E-state index contributed by atoms with van der Waals surface area (Å²) >= 11 is 0. The molecule has 0 saturated carbocycles. The van der Waals surface area contributed by atoms with E-state index >= 15 is 0 Å². The van der Waals surface area contributed by atoms with Gasteiger partial charge in [0.25, 0.3) is 5.91 Å². The maximum absolute atomic E-state index is 13.2. The zero-order valence-corrected chi connectivity index (χ0v) is 16.1. The normalized spacial score (nSPS) is 24.9. The minimum Gasteiger partial charge on any atom is -0.383 e. The molecule has 8 heteroatoms. The Bertz CT molecular complexity index is 962. The van der Waals surface area contributed by atoms with Gasteiger partial charge < -0.3 is 9.64 Å². The zero-order chi connectivity index (χ0) is 19.0. The summed E-state index contributed by atoms with van der Waals surface area (Å²) < 4.78 is 29.7. The Morgan fingerprint density at radius 1 is 1.22 bits per heavy atom. The first-order valence-corrected chi connectivity index (χ1v) is 10.9. The van der Waals surface area contributed by atoms with Crippen molar-refractivity contribution in [3.05, 3.63) is 42.1 Å². The number of carbonyl (C=O) groups is 1. The van der Waals surface area contributed by atoms with Crippen molar-refractivity contribution >= 4 is 26.6 Å². The molecule has 4 rings (SSSR count). The van der Waals surface area contributed by atoms with Crippen molar-refractivity contribution in [2.24, 2.45) is 0 Å². The van der Waals surface area contributed by atoms with Crippen LogP contribution in [0.4, 0.5) is 0 Å². The smallest absolute Gasteiger partial charge is 0.254 e. The predicted molar refractivity (Wildman–Crippen MR) is 102 cm³/mol. The van der Waals surface area contributed by atoms with Gasteiger partial charge in [-0.15, -0.1) is 0 Å². The summed E-state index contributed by atoms with van der Waals surface area (Å²) in [6.45, 7) is 2.40. The molecule has 0 unspecified atom stereocenters. The molecule has 2 aliphatic heterocycles. The number of methoxy groups -OCH3 is 1. The van der Waals surface area contributed by atoms with Crippen LogP contribution in [0.5, 0.6) is 0 Å². The molecule has 7 nitrogen and oxygen atoms in total. The number of pyridine rings is 1. The Morgan fingerprint density at radius 2 is 2.04 bits per heavy atom. The van der Waals surface area contributed by atoms with Crippen LogP contribution in [0.3, 0.4) is 0 Å². The Kier molecular flexibility index (Phi) is 4.88. The Hall–Kier alpha value is -2.03. The first-order valence-electron chi connectivity index (χ1n) is 9.08. The average molecular weight is 389 g/mol. The molecule has 0 radical (unpaired) electrons. The van der Waals surface area contributed by atoms with Gasteiger partial charge in [-0.2, -0.15) is 0 Å². The van der Waals surface area contributed by atoms with Gasteiger partial charge in [-0.1, -0.05) is 6.07 Å². The van der Waals surface area contributed by atoms with Crippen LogP contribution in [0, 0.1) is 0 Å². The van der Waals surface area contributed by atoms with E-state index in [1.807, 2.05) is 24.3 Å². The lowest BCUT2D eigenvalue weighted by molar-refractivity contribution is 0.0247. The van der Waals surface area contributed by atoms with E-state index in [1.165, 1.54) is 0 Å². The number of sulfone groups is 1. The third-order valence-electron chi connectivity index (χ3n) is 5.48. The molecule has 0 aliphatic carbocycles. The van der Waals surface area contributed by atoms with E-state index in [9.17, 15) is 13.2 Å². The topological polar surface area (TPSA) is 79.8 Å². The number of hydrogen-bond acceptors (Lipinski definition) is 6. The lowest BCUT2D eigenvalue weighted by atomic mass is 10.0. The fourth-order valence-corrected chi connectivity index (χ4v) is 6.15. The third-order valence-corrected chi connectivity index (χ3v) is 7.18. The van der Waals surface area contributed by atoms with Crippen LogP contribution in [-0.4, -0.2) is 86.0 Å². The van der Waals surface area contributed by atoms with Crippen LogP contribution in [0.1, 0.15) is 10.4 Å². The van der Waals surface area contributed by atoms with Crippen LogP contribution in [-0.2, 0) is 14.6 Å². The van der Waals surface area contributed by atoms with Crippen molar-refractivity contribution in [2.75, 3.05) is 44.9 Å². The number of carbonyl (C=O) groups excluding carboxylic acids is 1. The lowest BCUT2D eigenvalue weighted by Crippen LogP contribution is -2.61. The van der Waals surface area contributed by atoms with Crippen LogP contribution < -0.4 is 0 Å². The highest BCUT2D eigenvalue weighted by Crippen LogP contribution is 2.28. The minimum atomic E-state index is -3.16. The fraction of sp³-hybridized carbons (Fsp3) is 0.474. The number of piperazine rings is 1. The maximum Gasteiger partial charge on any atom is 0.254 e. The van der Waals surface area contributed by atoms with Crippen molar-refractivity contribution in [3.8, 4) is 0 Å². The van der Waals surface area contributed by atoms with Gasteiger partial charge in [0, 0.05) is 49.9 Å². The third kappa shape index (κ3) is 3.56. The average Bonchev–Trinajstić information content (AvgIpc) is 3.00. The lowest BCUT2D eigenvalue weighted by Gasteiger charge is -2.43. The number of aromatic nitrogens is 1. The molecule has 2 aliphatic rings. The van der Waals surface area contributed by atoms with Gasteiger partial charge in [0.15, 0.2) is 9.84 Å². The first-order chi connectivity index (χ1) is 13.0. The SMILES string of the molecule is COCCN1CCN(C(=O)c2ccc3ncccc3c2)[C@@H]2CS(=O)(=O)C[C@@H]21. The molecule has 1 aromatic heterocycles. The predicted octanol–water partition coefficient (Wildman–Crippen LogP) is 0.805. The quantitative estimate of drug-likeness (QED) is 0.770. The Morgan fingerprint density at radius 3 is 2.85 bits per heavy atom. The number of ether oxygens (including phenoxy) is 1. The molecule has 1 aromatic carbocycles. The summed E-state index contributed by atoms with van der Waals surface area (Å²) in [4.78, 5) is 21.4. The van der Waals surface area contributed by atoms with Crippen LogP contribution >= 0.6 is 0 Å².